The van der Waals surface area contributed by atoms with Crippen molar-refractivity contribution in [2.24, 2.45) is 5.92 Å². The fraction of sp³-hybridized carbons (Fsp3) is 0.333. The summed E-state index contributed by atoms with van der Waals surface area (Å²) in [5.41, 5.74) is 0.318. The van der Waals surface area contributed by atoms with E-state index in [4.69, 9.17) is 14.6 Å². The number of carboxylic acid groups (broad SMARTS) is 1. The number of methoxy groups -OCH3 is 2. The minimum Gasteiger partial charge on any atom is -0.493 e. The molecule has 0 saturated heterocycles. The summed E-state index contributed by atoms with van der Waals surface area (Å²) in [7, 11) is 2.85. The molecule has 0 atom stereocenters. The van der Waals surface area contributed by atoms with Crippen LogP contribution in [0.5, 0.6) is 11.5 Å². The first-order valence-corrected chi connectivity index (χ1v) is 6.52. The number of carbonyl (C=O) groups excluding carboxylic acids is 1. The smallest absolute Gasteiger partial charge is 0.335 e. The molecule has 0 unspecified atom stereocenters. The number of benzene rings is 1. The van der Waals surface area contributed by atoms with Crippen LogP contribution in [-0.2, 0) is 4.79 Å². The number of nitrogens with one attached hydrogen (secondary N) is 1. The Hall–Kier alpha value is -2.50. The Labute approximate surface area is 122 Å². The van der Waals surface area contributed by atoms with E-state index < -0.39 is 5.97 Å². The van der Waals surface area contributed by atoms with Gasteiger partial charge in [0.2, 0.25) is 5.91 Å². The van der Waals surface area contributed by atoms with Crippen LogP contribution >= 0.6 is 0 Å². The van der Waals surface area contributed by atoms with Gasteiger partial charge in [0, 0.05) is 5.92 Å². The van der Waals surface area contributed by atoms with E-state index in [1.54, 1.807) is 0 Å². The number of hydrogen-bond acceptors (Lipinski definition) is 4. The third-order valence-electron chi connectivity index (χ3n) is 3.36. The van der Waals surface area contributed by atoms with Gasteiger partial charge >= 0.3 is 5.97 Å². The van der Waals surface area contributed by atoms with E-state index >= 15 is 0 Å². The van der Waals surface area contributed by atoms with Gasteiger partial charge in [0.05, 0.1) is 25.5 Å². The lowest BCUT2D eigenvalue weighted by Gasteiger charge is -2.16. The Morgan fingerprint density at radius 1 is 1.19 bits per heavy atom. The van der Waals surface area contributed by atoms with Crippen molar-refractivity contribution in [3.8, 4) is 11.5 Å². The molecule has 112 valence electrons. The molecule has 0 radical (unpaired) electrons. The molecule has 6 heteroatoms. The predicted octanol–water partition coefficient (Wildman–Crippen LogP) is 2.31. The molecule has 2 N–H and O–H groups in total. The number of ether oxygens (including phenoxy) is 2. The van der Waals surface area contributed by atoms with Crippen molar-refractivity contribution in [2.45, 2.75) is 12.8 Å². The first-order chi connectivity index (χ1) is 10.1. The lowest BCUT2D eigenvalue weighted by atomic mass is 10.1. The van der Waals surface area contributed by atoms with Gasteiger partial charge in [-0.05, 0) is 25.0 Å². The number of rotatable bonds is 5. The molecule has 1 aliphatic rings. The van der Waals surface area contributed by atoms with Crippen molar-refractivity contribution in [1.29, 1.82) is 0 Å². The molecule has 0 bridgehead atoms. The van der Waals surface area contributed by atoms with Gasteiger partial charge in [-0.1, -0.05) is 12.2 Å². The first-order valence-electron chi connectivity index (χ1n) is 6.52. The minimum atomic E-state index is -1.10. The fourth-order valence-electron chi connectivity index (χ4n) is 2.25. The van der Waals surface area contributed by atoms with Gasteiger partial charge < -0.3 is 19.9 Å². The van der Waals surface area contributed by atoms with Crippen LogP contribution in [0, 0.1) is 5.92 Å². The highest BCUT2D eigenvalue weighted by molar-refractivity contribution is 5.97. The van der Waals surface area contributed by atoms with E-state index in [0.717, 1.165) is 0 Å². The van der Waals surface area contributed by atoms with Crippen LogP contribution in [0.25, 0.3) is 0 Å². The molecular formula is C15H17NO5. The van der Waals surface area contributed by atoms with Crippen LogP contribution in [0.15, 0.2) is 24.3 Å². The monoisotopic (exact) mass is 291 g/mol. The lowest BCUT2D eigenvalue weighted by molar-refractivity contribution is -0.119. The first kappa shape index (κ1) is 14.9. The summed E-state index contributed by atoms with van der Waals surface area (Å²) in [5.74, 6) is -0.829. The van der Waals surface area contributed by atoms with Gasteiger partial charge in [-0.3, -0.25) is 4.79 Å². The maximum absolute atomic E-state index is 12.2. The average Bonchev–Trinajstić information content (AvgIpc) is 3.00. The third-order valence-corrected chi connectivity index (χ3v) is 3.36. The van der Waals surface area contributed by atoms with Gasteiger partial charge in [-0.25, -0.2) is 4.79 Å². The van der Waals surface area contributed by atoms with E-state index in [-0.39, 0.29) is 23.1 Å². The summed E-state index contributed by atoms with van der Waals surface area (Å²) in [6.07, 6.45) is 5.28. The normalized spacial score (nSPS) is 14.0. The Balaban J connectivity index is 2.33. The van der Waals surface area contributed by atoms with Gasteiger partial charge in [-0.2, -0.15) is 0 Å². The minimum absolute atomic E-state index is 0.0208. The Morgan fingerprint density at radius 2 is 1.86 bits per heavy atom. The highest BCUT2D eigenvalue weighted by Crippen LogP contribution is 2.37. The molecule has 0 saturated carbocycles. The molecule has 1 aliphatic carbocycles. The van der Waals surface area contributed by atoms with Crippen molar-refractivity contribution in [1.82, 2.24) is 0 Å². The Morgan fingerprint density at radius 3 is 2.38 bits per heavy atom. The summed E-state index contributed by atoms with van der Waals surface area (Å²) in [5, 5.41) is 11.8. The average molecular weight is 291 g/mol. The van der Waals surface area contributed by atoms with Crippen molar-refractivity contribution >= 4 is 17.6 Å². The van der Waals surface area contributed by atoms with E-state index in [2.05, 4.69) is 5.32 Å². The lowest BCUT2D eigenvalue weighted by Crippen LogP contribution is -2.21. The molecule has 21 heavy (non-hydrogen) atoms. The molecular weight excluding hydrogens is 274 g/mol. The molecule has 1 aromatic carbocycles. The second kappa shape index (κ2) is 6.30. The summed E-state index contributed by atoms with van der Waals surface area (Å²) >= 11 is 0. The zero-order valence-electron chi connectivity index (χ0n) is 11.9. The summed E-state index contributed by atoms with van der Waals surface area (Å²) in [4.78, 5) is 23.3. The third kappa shape index (κ3) is 3.16. The van der Waals surface area contributed by atoms with Crippen molar-refractivity contribution in [3.63, 3.8) is 0 Å². The maximum Gasteiger partial charge on any atom is 0.335 e. The Kier molecular flexibility index (Phi) is 4.47. The highest BCUT2D eigenvalue weighted by atomic mass is 16.5. The van der Waals surface area contributed by atoms with Crippen LogP contribution in [0.3, 0.4) is 0 Å². The molecule has 0 aromatic heterocycles. The molecule has 0 spiro atoms. The SMILES string of the molecule is COc1cc(C(=O)O)cc(NC(=O)C2CC=CC2)c1OC. The van der Waals surface area contributed by atoms with Crippen LogP contribution in [-0.4, -0.2) is 31.2 Å². The fourth-order valence-corrected chi connectivity index (χ4v) is 2.25. The molecule has 1 amide bonds. The second-order valence-corrected chi connectivity index (χ2v) is 4.69. The van der Waals surface area contributed by atoms with Crippen LogP contribution in [0.1, 0.15) is 23.2 Å². The number of allylic oxidation sites excluding steroid dienone is 2. The van der Waals surface area contributed by atoms with Gasteiger partial charge in [-0.15, -0.1) is 0 Å². The largest absolute Gasteiger partial charge is 0.493 e. The van der Waals surface area contributed by atoms with E-state index in [0.29, 0.717) is 24.3 Å². The van der Waals surface area contributed by atoms with E-state index in [1.807, 2.05) is 12.2 Å². The van der Waals surface area contributed by atoms with Crippen LogP contribution in [0.2, 0.25) is 0 Å². The maximum atomic E-state index is 12.2. The predicted molar refractivity (Wildman–Crippen MR) is 77.0 cm³/mol. The molecule has 0 heterocycles. The van der Waals surface area contributed by atoms with Gasteiger partial charge in [0.25, 0.3) is 0 Å². The molecule has 0 aliphatic heterocycles. The van der Waals surface area contributed by atoms with Gasteiger partial charge in [0.15, 0.2) is 11.5 Å². The number of carbonyl (C=O) groups is 2. The van der Waals surface area contributed by atoms with Crippen LogP contribution < -0.4 is 14.8 Å². The standard InChI is InChI=1S/C15H17NO5/c1-20-12-8-10(15(18)19)7-11(13(12)21-2)16-14(17)9-5-3-4-6-9/h3-4,7-9H,5-6H2,1-2H3,(H,16,17)(H,18,19). The molecule has 0 fully saturated rings. The van der Waals surface area contributed by atoms with Crippen molar-refractivity contribution in [2.75, 3.05) is 19.5 Å². The summed E-state index contributed by atoms with van der Waals surface area (Å²) in [6.45, 7) is 0. The van der Waals surface area contributed by atoms with E-state index in [1.165, 1.54) is 26.4 Å². The quantitative estimate of drug-likeness (QED) is 0.813. The zero-order chi connectivity index (χ0) is 15.4. The topological polar surface area (TPSA) is 84.9 Å². The van der Waals surface area contributed by atoms with Crippen molar-refractivity contribution in [3.05, 3.63) is 29.8 Å². The molecule has 2 rings (SSSR count). The Bertz CT molecular complexity index is 586. The number of anilines is 1. The second-order valence-electron chi connectivity index (χ2n) is 4.69. The number of aromatic carboxylic acids is 1. The number of hydrogen-bond donors (Lipinski definition) is 2. The molecule has 1 aromatic rings. The van der Waals surface area contributed by atoms with Gasteiger partial charge in [0.1, 0.15) is 0 Å². The summed E-state index contributed by atoms with van der Waals surface area (Å²) in [6, 6.07) is 2.72. The summed E-state index contributed by atoms with van der Waals surface area (Å²) < 4.78 is 10.3. The highest BCUT2D eigenvalue weighted by Gasteiger charge is 2.22. The zero-order valence-corrected chi connectivity index (χ0v) is 11.9. The molecule has 6 nitrogen and oxygen atoms in total. The number of amides is 1. The van der Waals surface area contributed by atoms with Crippen LogP contribution in [0.4, 0.5) is 5.69 Å². The van der Waals surface area contributed by atoms with Crippen molar-refractivity contribution < 1.29 is 24.2 Å². The van der Waals surface area contributed by atoms with E-state index in [9.17, 15) is 9.59 Å². The number of carboxylic acids is 1.